The molecule has 0 aliphatic heterocycles. The fraction of sp³-hybridized carbons (Fsp3) is 0.500. The molecule has 0 spiro atoms. The van der Waals surface area contributed by atoms with Gasteiger partial charge >= 0.3 is 0 Å². The summed E-state index contributed by atoms with van der Waals surface area (Å²) < 4.78 is 0.890. The largest absolute Gasteiger partial charge is 0.334 e. The molecule has 1 aliphatic rings. The summed E-state index contributed by atoms with van der Waals surface area (Å²) >= 11 is 7.30. The second-order valence-corrected chi connectivity index (χ2v) is 5.75. The van der Waals surface area contributed by atoms with Crippen molar-refractivity contribution in [3.63, 3.8) is 0 Å². The normalized spacial score (nSPS) is 15.3. The van der Waals surface area contributed by atoms with E-state index in [9.17, 15) is 0 Å². The van der Waals surface area contributed by atoms with Crippen LogP contribution in [0.25, 0.3) is 10.2 Å². The fourth-order valence-electron chi connectivity index (χ4n) is 2.38. The lowest BCUT2D eigenvalue weighted by molar-refractivity contribution is 0.700. The Morgan fingerprint density at radius 3 is 3.00 bits per heavy atom. The first-order chi connectivity index (χ1) is 7.79. The second kappa shape index (κ2) is 3.93. The molecule has 2 nitrogen and oxygen atoms in total. The minimum absolute atomic E-state index is 0.890. The zero-order chi connectivity index (χ0) is 11.1. The molecule has 2 aromatic rings. The van der Waals surface area contributed by atoms with Gasteiger partial charge in [-0.15, -0.1) is 11.3 Å². The van der Waals surface area contributed by atoms with E-state index >= 15 is 0 Å². The highest BCUT2D eigenvalue weighted by Crippen LogP contribution is 2.35. The predicted molar refractivity (Wildman–Crippen MR) is 70.8 cm³/mol. The molecule has 0 amide bonds. The Labute approximate surface area is 104 Å². The number of rotatable bonds is 1. The molecule has 0 fully saturated rings. The van der Waals surface area contributed by atoms with E-state index in [1.54, 1.807) is 0 Å². The number of nitrogens with zero attached hydrogens (tertiary/aromatic N) is 1. The molecule has 3 rings (SSSR count). The van der Waals surface area contributed by atoms with Crippen LogP contribution < -0.4 is 0 Å². The Morgan fingerprint density at radius 1 is 1.38 bits per heavy atom. The van der Waals surface area contributed by atoms with E-state index in [1.165, 1.54) is 41.5 Å². The van der Waals surface area contributed by atoms with Crippen LogP contribution in [0.5, 0.6) is 0 Å². The van der Waals surface area contributed by atoms with Gasteiger partial charge in [-0.3, -0.25) is 0 Å². The third kappa shape index (κ3) is 1.52. The van der Waals surface area contributed by atoms with Crippen LogP contribution in [0.4, 0.5) is 0 Å². The SMILES string of the molecule is CCc1nc2sc3c(c2c(=S)[nH]1)CCCC3. The summed E-state index contributed by atoms with van der Waals surface area (Å²) in [6.07, 6.45) is 5.93. The molecule has 0 aromatic carbocycles. The van der Waals surface area contributed by atoms with Crippen molar-refractivity contribution in [2.45, 2.75) is 39.0 Å². The van der Waals surface area contributed by atoms with Crippen LogP contribution in [0.2, 0.25) is 0 Å². The van der Waals surface area contributed by atoms with Crippen LogP contribution in [-0.4, -0.2) is 9.97 Å². The van der Waals surface area contributed by atoms with Crippen LogP contribution in [0.15, 0.2) is 0 Å². The molecule has 0 atom stereocenters. The van der Waals surface area contributed by atoms with Crippen LogP contribution in [-0.2, 0) is 19.3 Å². The molecule has 0 saturated carbocycles. The number of aryl methyl sites for hydroxylation is 3. The topological polar surface area (TPSA) is 28.7 Å². The van der Waals surface area contributed by atoms with Crippen molar-refractivity contribution in [3.05, 3.63) is 20.9 Å². The summed E-state index contributed by atoms with van der Waals surface area (Å²) in [4.78, 5) is 10.6. The molecule has 0 unspecified atom stereocenters. The summed E-state index contributed by atoms with van der Waals surface area (Å²) in [5.74, 6) is 1.01. The zero-order valence-electron chi connectivity index (χ0n) is 9.30. The van der Waals surface area contributed by atoms with Gasteiger partial charge in [-0.25, -0.2) is 4.98 Å². The minimum Gasteiger partial charge on any atom is -0.334 e. The summed E-state index contributed by atoms with van der Waals surface area (Å²) in [7, 11) is 0. The van der Waals surface area contributed by atoms with Crippen molar-refractivity contribution in [3.8, 4) is 0 Å². The maximum absolute atomic E-state index is 5.46. The molecular weight excluding hydrogens is 236 g/mol. The monoisotopic (exact) mass is 250 g/mol. The van der Waals surface area contributed by atoms with E-state index in [0.717, 1.165) is 21.7 Å². The molecule has 0 saturated heterocycles. The second-order valence-electron chi connectivity index (χ2n) is 4.26. The quantitative estimate of drug-likeness (QED) is 0.780. The van der Waals surface area contributed by atoms with Crippen LogP contribution in [0.1, 0.15) is 36.0 Å². The van der Waals surface area contributed by atoms with Gasteiger partial charge in [0.2, 0.25) is 0 Å². The maximum atomic E-state index is 5.46. The van der Waals surface area contributed by atoms with Gasteiger partial charge < -0.3 is 4.98 Å². The Hall–Kier alpha value is -0.740. The molecule has 0 bridgehead atoms. The first-order valence-electron chi connectivity index (χ1n) is 5.83. The van der Waals surface area contributed by atoms with Gasteiger partial charge in [-0.1, -0.05) is 19.1 Å². The number of nitrogens with one attached hydrogen (secondary N) is 1. The molecule has 84 valence electrons. The standard InChI is InChI=1S/C12H14N2S2/c1-2-9-13-11(15)10-7-5-3-4-6-8(7)16-12(10)14-9/h2-6H2,1H3,(H,13,14,15). The smallest absolute Gasteiger partial charge is 0.128 e. The van der Waals surface area contributed by atoms with Crippen LogP contribution in [0, 0.1) is 4.64 Å². The molecule has 2 aromatic heterocycles. The average Bonchev–Trinajstić information content (AvgIpc) is 2.67. The molecule has 4 heteroatoms. The Morgan fingerprint density at radius 2 is 2.19 bits per heavy atom. The highest BCUT2D eigenvalue weighted by Gasteiger charge is 2.18. The average molecular weight is 250 g/mol. The summed E-state index contributed by atoms with van der Waals surface area (Å²) in [6, 6.07) is 0. The fourth-order valence-corrected chi connectivity index (χ4v) is 4.07. The molecule has 1 N–H and O–H groups in total. The van der Waals surface area contributed by atoms with Gasteiger partial charge in [-0.2, -0.15) is 0 Å². The van der Waals surface area contributed by atoms with E-state index < -0.39 is 0 Å². The lowest BCUT2D eigenvalue weighted by Gasteiger charge is -2.09. The van der Waals surface area contributed by atoms with Gasteiger partial charge in [0.1, 0.15) is 15.3 Å². The number of hydrogen-bond donors (Lipinski definition) is 1. The Kier molecular flexibility index (Phi) is 2.56. The van der Waals surface area contributed by atoms with E-state index in [1.807, 2.05) is 11.3 Å². The molecule has 1 aliphatic carbocycles. The lowest BCUT2D eigenvalue weighted by Crippen LogP contribution is -1.99. The van der Waals surface area contributed by atoms with Crippen molar-refractivity contribution in [2.75, 3.05) is 0 Å². The van der Waals surface area contributed by atoms with Crippen molar-refractivity contribution in [1.82, 2.24) is 9.97 Å². The van der Waals surface area contributed by atoms with Gasteiger partial charge in [0.05, 0.1) is 0 Å². The number of H-pyrrole nitrogens is 1. The van der Waals surface area contributed by atoms with Gasteiger partial charge in [0.25, 0.3) is 0 Å². The summed E-state index contributed by atoms with van der Waals surface area (Å²) in [6.45, 7) is 2.10. The van der Waals surface area contributed by atoms with Gasteiger partial charge in [-0.05, 0) is 31.2 Å². The number of hydrogen-bond acceptors (Lipinski definition) is 3. The zero-order valence-corrected chi connectivity index (χ0v) is 10.9. The predicted octanol–water partition coefficient (Wildman–Crippen LogP) is 3.80. The summed E-state index contributed by atoms with van der Waals surface area (Å²) in [5, 5.41) is 1.23. The third-order valence-electron chi connectivity index (χ3n) is 3.21. The third-order valence-corrected chi connectivity index (χ3v) is 4.70. The maximum Gasteiger partial charge on any atom is 0.128 e. The number of aromatic amines is 1. The van der Waals surface area contributed by atoms with Crippen molar-refractivity contribution in [1.29, 1.82) is 0 Å². The number of aromatic nitrogens is 2. The van der Waals surface area contributed by atoms with E-state index in [4.69, 9.17) is 12.2 Å². The number of fused-ring (bicyclic) bond motifs is 3. The van der Waals surface area contributed by atoms with Crippen LogP contribution >= 0.6 is 23.6 Å². The van der Waals surface area contributed by atoms with Crippen molar-refractivity contribution < 1.29 is 0 Å². The van der Waals surface area contributed by atoms with E-state index in [0.29, 0.717) is 0 Å². The van der Waals surface area contributed by atoms with Gasteiger partial charge in [0.15, 0.2) is 0 Å². The van der Waals surface area contributed by atoms with E-state index in [2.05, 4.69) is 16.9 Å². The lowest BCUT2D eigenvalue weighted by atomic mass is 9.97. The molecule has 2 heterocycles. The first-order valence-corrected chi connectivity index (χ1v) is 7.05. The van der Waals surface area contributed by atoms with Crippen LogP contribution in [0.3, 0.4) is 0 Å². The highest BCUT2D eigenvalue weighted by atomic mass is 32.1. The Bertz CT molecular complexity index is 595. The number of thiophene rings is 1. The Balaban J connectivity index is 2.34. The highest BCUT2D eigenvalue weighted by molar-refractivity contribution is 7.71. The van der Waals surface area contributed by atoms with E-state index in [-0.39, 0.29) is 0 Å². The first kappa shape index (κ1) is 10.4. The summed E-state index contributed by atoms with van der Waals surface area (Å²) in [5.41, 5.74) is 1.47. The molecular formula is C12H14N2S2. The van der Waals surface area contributed by atoms with Gasteiger partial charge in [0, 0.05) is 16.7 Å². The van der Waals surface area contributed by atoms with Crippen molar-refractivity contribution >= 4 is 33.8 Å². The molecule has 16 heavy (non-hydrogen) atoms. The van der Waals surface area contributed by atoms with Crippen molar-refractivity contribution in [2.24, 2.45) is 0 Å². The minimum atomic E-state index is 0.890. The molecule has 0 radical (unpaired) electrons.